The Morgan fingerprint density at radius 2 is 2.07 bits per heavy atom. The number of rotatable bonds is 2. The molecule has 0 aliphatic heterocycles. The molecule has 0 atom stereocenters. The van der Waals surface area contributed by atoms with Crippen molar-refractivity contribution in [3.05, 3.63) is 36.0 Å². The molecule has 0 aliphatic rings. The van der Waals surface area contributed by atoms with Gasteiger partial charge in [-0.15, -0.1) is 0 Å². The Labute approximate surface area is 80.6 Å². The number of aldehydes is 1. The van der Waals surface area contributed by atoms with Gasteiger partial charge in [-0.3, -0.25) is 4.79 Å². The lowest BCUT2D eigenvalue weighted by Crippen LogP contribution is -1.90. The largest absolute Gasteiger partial charge is 0.469 e. The van der Waals surface area contributed by atoms with Gasteiger partial charge in [0.05, 0.1) is 17.4 Å². The third-order valence-corrected chi connectivity index (χ3v) is 1.91. The van der Waals surface area contributed by atoms with Gasteiger partial charge in [0.1, 0.15) is 5.76 Å². The molecule has 4 nitrogen and oxygen atoms in total. The van der Waals surface area contributed by atoms with Crippen LogP contribution in [0.25, 0.3) is 11.4 Å². The van der Waals surface area contributed by atoms with E-state index in [-0.39, 0.29) is 0 Å². The lowest BCUT2D eigenvalue weighted by atomic mass is 10.2. The molecule has 0 saturated heterocycles. The van der Waals surface area contributed by atoms with Gasteiger partial charge >= 0.3 is 0 Å². The summed E-state index contributed by atoms with van der Waals surface area (Å²) in [6, 6.07) is 1.80. The van der Waals surface area contributed by atoms with Crippen LogP contribution in [-0.4, -0.2) is 16.3 Å². The Morgan fingerprint density at radius 3 is 2.57 bits per heavy atom. The monoisotopic (exact) mass is 188 g/mol. The number of carbonyl (C=O) groups excluding carboxylic acids is 1. The van der Waals surface area contributed by atoms with Crippen LogP contribution < -0.4 is 0 Å². The summed E-state index contributed by atoms with van der Waals surface area (Å²) in [5, 5.41) is 0. The predicted octanol–water partition coefficient (Wildman–Crippen LogP) is 1.86. The van der Waals surface area contributed by atoms with Crippen LogP contribution in [0.15, 0.2) is 29.1 Å². The van der Waals surface area contributed by atoms with Crippen LogP contribution in [0.4, 0.5) is 0 Å². The molecular formula is C10H8N2O2. The first kappa shape index (κ1) is 8.62. The molecule has 0 unspecified atom stereocenters. The van der Waals surface area contributed by atoms with Gasteiger partial charge in [0.15, 0.2) is 12.1 Å². The van der Waals surface area contributed by atoms with E-state index in [2.05, 4.69) is 9.97 Å². The van der Waals surface area contributed by atoms with E-state index in [9.17, 15) is 4.79 Å². The highest BCUT2D eigenvalue weighted by Gasteiger charge is 2.06. The van der Waals surface area contributed by atoms with E-state index >= 15 is 0 Å². The molecule has 2 heterocycles. The van der Waals surface area contributed by atoms with Crippen molar-refractivity contribution in [1.82, 2.24) is 9.97 Å². The highest BCUT2D eigenvalue weighted by Crippen LogP contribution is 2.19. The molecule has 70 valence electrons. The molecule has 0 bridgehead atoms. The SMILES string of the molecule is Cc1occc1-c1ncc(C=O)cn1. The van der Waals surface area contributed by atoms with E-state index in [1.54, 1.807) is 12.3 Å². The van der Waals surface area contributed by atoms with E-state index < -0.39 is 0 Å². The van der Waals surface area contributed by atoms with Crippen molar-refractivity contribution >= 4 is 6.29 Å². The number of furan rings is 1. The van der Waals surface area contributed by atoms with Crippen molar-refractivity contribution in [3.63, 3.8) is 0 Å². The minimum absolute atomic E-state index is 0.467. The molecule has 14 heavy (non-hydrogen) atoms. The van der Waals surface area contributed by atoms with Crippen LogP contribution in [0.3, 0.4) is 0 Å². The predicted molar refractivity (Wildman–Crippen MR) is 49.9 cm³/mol. The molecule has 0 amide bonds. The van der Waals surface area contributed by atoms with Gasteiger partial charge in [0.25, 0.3) is 0 Å². The van der Waals surface area contributed by atoms with E-state index in [0.29, 0.717) is 17.7 Å². The molecule has 2 aromatic rings. The maximum absolute atomic E-state index is 10.4. The standard InChI is InChI=1S/C10H8N2O2/c1-7-9(2-3-14-7)10-11-4-8(6-13)5-12-10/h2-6H,1H3. The van der Waals surface area contributed by atoms with E-state index in [1.807, 2.05) is 6.92 Å². The molecular weight excluding hydrogens is 180 g/mol. The quantitative estimate of drug-likeness (QED) is 0.675. The van der Waals surface area contributed by atoms with Crippen molar-refractivity contribution in [1.29, 1.82) is 0 Å². The maximum Gasteiger partial charge on any atom is 0.162 e. The zero-order chi connectivity index (χ0) is 9.97. The fourth-order valence-electron chi connectivity index (χ4n) is 1.15. The summed E-state index contributed by atoms with van der Waals surface area (Å²) in [6.45, 7) is 1.84. The number of carbonyl (C=O) groups is 1. The molecule has 0 N–H and O–H groups in total. The molecule has 0 aliphatic carbocycles. The van der Waals surface area contributed by atoms with Gasteiger partial charge < -0.3 is 4.42 Å². The highest BCUT2D eigenvalue weighted by atomic mass is 16.3. The zero-order valence-electron chi connectivity index (χ0n) is 7.60. The molecule has 0 saturated carbocycles. The average molecular weight is 188 g/mol. The first-order valence-electron chi connectivity index (χ1n) is 4.13. The molecule has 4 heteroatoms. The Hall–Kier alpha value is -1.97. The second-order valence-electron chi connectivity index (χ2n) is 2.85. The van der Waals surface area contributed by atoms with Crippen molar-refractivity contribution in [3.8, 4) is 11.4 Å². The molecule has 0 spiro atoms. The fourth-order valence-corrected chi connectivity index (χ4v) is 1.15. The third-order valence-electron chi connectivity index (χ3n) is 1.91. The van der Waals surface area contributed by atoms with Crippen LogP contribution in [0.2, 0.25) is 0 Å². The molecule has 2 rings (SSSR count). The van der Waals surface area contributed by atoms with Gasteiger partial charge in [-0.2, -0.15) is 0 Å². The lowest BCUT2D eigenvalue weighted by molar-refractivity contribution is 0.112. The molecule has 0 radical (unpaired) electrons. The Bertz CT molecular complexity index is 445. The van der Waals surface area contributed by atoms with Crippen molar-refractivity contribution < 1.29 is 9.21 Å². The van der Waals surface area contributed by atoms with E-state index in [1.165, 1.54) is 12.4 Å². The second kappa shape index (κ2) is 3.41. The maximum atomic E-state index is 10.4. The fraction of sp³-hybridized carbons (Fsp3) is 0.100. The van der Waals surface area contributed by atoms with Gasteiger partial charge in [-0.1, -0.05) is 0 Å². The van der Waals surface area contributed by atoms with Crippen LogP contribution >= 0.6 is 0 Å². The summed E-state index contributed by atoms with van der Waals surface area (Å²) < 4.78 is 5.13. The molecule has 0 aromatic carbocycles. The summed E-state index contributed by atoms with van der Waals surface area (Å²) in [5.41, 5.74) is 1.32. The number of aryl methyl sites for hydroxylation is 1. The first-order chi connectivity index (χ1) is 6.81. The zero-order valence-corrected chi connectivity index (χ0v) is 7.60. The van der Waals surface area contributed by atoms with Crippen LogP contribution in [0.5, 0.6) is 0 Å². The van der Waals surface area contributed by atoms with E-state index in [4.69, 9.17) is 4.42 Å². The number of hydrogen-bond donors (Lipinski definition) is 0. The Morgan fingerprint density at radius 1 is 1.36 bits per heavy atom. The molecule has 0 fully saturated rings. The normalized spacial score (nSPS) is 10.1. The smallest absolute Gasteiger partial charge is 0.162 e. The average Bonchev–Trinajstić information content (AvgIpc) is 2.65. The summed E-state index contributed by atoms with van der Waals surface area (Å²) in [7, 11) is 0. The number of aromatic nitrogens is 2. The Balaban J connectivity index is 2.43. The van der Waals surface area contributed by atoms with Crippen molar-refractivity contribution in [2.75, 3.05) is 0 Å². The van der Waals surface area contributed by atoms with Gasteiger partial charge in [0, 0.05) is 12.4 Å². The topological polar surface area (TPSA) is 56.0 Å². The molecule has 2 aromatic heterocycles. The van der Waals surface area contributed by atoms with Gasteiger partial charge in [0.2, 0.25) is 0 Å². The van der Waals surface area contributed by atoms with Crippen LogP contribution in [0, 0.1) is 6.92 Å². The second-order valence-corrected chi connectivity index (χ2v) is 2.85. The van der Waals surface area contributed by atoms with Crippen LogP contribution in [-0.2, 0) is 0 Å². The summed E-state index contributed by atoms with van der Waals surface area (Å²) in [6.07, 6.45) is 5.28. The van der Waals surface area contributed by atoms with Crippen LogP contribution in [0.1, 0.15) is 16.1 Å². The number of nitrogens with zero attached hydrogens (tertiary/aromatic N) is 2. The van der Waals surface area contributed by atoms with Gasteiger partial charge in [-0.05, 0) is 13.0 Å². The summed E-state index contributed by atoms with van der Waals surface area (Å²) >= 11 is 0. The Kier molecular flexibility index (Phi) is 2.10. The minimum atomic E-state index is 0.467. The lowest BCUT2D eigenvalue weighted by Gasteiger charge is -1.96. The number of hydrogen-bond acceptors (Lipinski definition) is 4. The first-order valence-corrected chi connectivity index (χ1v) is 4.13. The summed E-state index contributed by atoms with van der Waals surface area (Å²) in [4.78, 5) is 18.5. The van der Waals surface area contributed by atoms with E-state index in [0.717, 1.165) is 11.3 Å². The van der Waals surface area contributed by atoms with Crippen molar-refractivity contribution in [2.24, 2.45) is 0 Å². The highest BCUT2D eigenvalue weighted by molar-refractivity contribution is 5.74. The minimum Gasteiger partial charge on any atom is -0.469 e. The summed E-state index contributed by atoms with van der Waals surface area (Å²) in [5.74, 6) is 1.34. The van der Waals surface area contributed by atoms with Gasteiger partial charge in [-0.25, -0.2) is 9.97 Å². The van der Waals surface area contributed by atoms with Crippen molar-refractivity contribution in [2.45, 2.75) is 6.92 Å². The third kappa shape index (κ3) is 1.42.